The number of rotatable bonds is 9. The van der Waals surface area contributed by atoms with Crippen molar-refractivity contribution in [2.45, 2.75) is 37.6 Å². The molecule has 2 amide bonds. The number of carbonyl (C=O) groups excluding carboxylic acids is 2. The molecule has 190 valence electrons. The van der Waals surface area contributed by atoms with Crippen molar-refractivity contribution in [2.24, 2.45) is 5.92 Å². The van der Waals surface area contributed by atoms with Gasteiger partial charge in [-0.2, -0.15) is 10.5 Å². The average Bonchev–Trinajstić information content (AvgIpc) is 3.53. The van der Waals surface area contributed by atoms with E-state index in [2.05, 4.69) is 33.1 Å². The highest BCUT2D eigenvalue weighted by Crippen LogP contribution is 2.26. The van der Waals surface area contributed by atoms with Crippen molar-refractivity contribution in [3.8, 4) is 17.9 Å². The molecule has 0 saturated carbocycles. The molecule has 1 fully saturated rings. The number of amides is 2. The van der Waals surface area contributed by atoms with Crippen LogP contribution in [-0.2, 0) is 11.2 Å². The lowest BCUT2D eigenvalue weighted by Gasteiger charge is -2.22. The van der Waals surface area contributed by atoms with Crippen LogP contribution in [0.4, 0.5) is 0 Å². The van der Waals surface area contributed by atoms with Gasteiger partial charge in [0, 0.05) is 23.2 Å². The fraction of sp³-hybridized carbons (Fsp3) is 0.333. The predicted octanol–water partition coefficient (Wildman–Crippen LogP) is 1.72. The first-order valence-electron chi connectivity index (χ1n) is 12.0. The highest BCUT2D eigenvalue weighted by molar-refractivity contribution is 6.01. The number of nitrogens with zero attached hydrogens (tertiary/aromatic N) is 2. The van der Waals surface area contributed by atoms with Crippen molar-refractivity contribution >= 4 is 22.7 Å². The van der Waals surface area contributed by atoms with Gasteiger partial charge >= 0.3 is 0 Å². The first kappa shape index (κ1) is 25.7. The first-order valence-corrected chi connectivity index (χ1v) is 12.0. The maximum absolute atomic E-state index is 13.3. The van der Waals surface area contributed by atoms with Crippen molar-refractivity contribution in [1.29, 1.82) is 10.5 Å². The Morgan fingerprint density at radius 2 is 2.00 bits per heavy atom. The van der Waals surface area contributed by atoms with Gasteiger partial charge in [-0.25, -0.2) is 0 Å². The summed E-state index contributed by atoms with van der Waals surface area (Å²) in [5, 5.41) is 38.1. The highest BCUT2D eigenvalue weighted by atomic mass is 16.5. The van der Waals surface area contributed by atoms with E-state index in [9.17, 15) is 25.2 Å². The maximum Gasteiger partial charge on any atom is 0.268 e. The zero-order valence-corrected chi connectivity index (χ0v) is 20.3. The Kier molecular flexibility index (Phi) is 8.04. The molecule has 1 aromatic heterocycles. The van der Waals surface area contributed by atoms with Crippen LogP contribution >= 0.6 is 0 Å². The molecule has 1 aliphatic heterocycles. The van der Waals surface area contributed by atoms with Gasteiger partial charge in [-0.05, 0) is 55.3 Å². The SMILES string of the molecule is COc1cccc2[nH]c(C(=O)N[C@@H](Cc3cccc(C#N)c3)C(=O)N[C@H](C#N)C[C@@H]3CCNC3O)cc12. The van der Waals surface area contributed by atoms with E-state index in [1.54, 1.807) is 49.6 Å². The van der Waals surface area contributed by atoms with Crippen LogP contribution in [0.15, 0.2) is 48.5 Å². The number of benzene rings is 2. The number of aromatic amines is 1. The topological polar surface area (TPSA) is 163 Å². The summed E-state index contributed by atoms with van der Waals surface area (Å²) in [6, 6.07) is 16.1. The van der Waals surface area contributed by atoms with E-state index in [0.29, 0.717) is 35.4 Å². The Balaban J connectivity index is 1.55. The summed E-state index contributed by atoms with van der Waals surface area (Å²) in [5.41, 5.74) is 2.07. The molecule has 0 bridgehead atoms. The fourth-order valence-electron chi connectivity index (χ4n) is 4.58. The number of aliphatic hydroxyl groups is 1. The normalized spacial score (nSPS) is 18.4. The number of aromatic nitrogens is 1. The number of hydrogen-bond donors (Lipinski definition) is 5. The summed E-state index contributed by atoms with van der Waals surface area (Å²) in [7, 11) is 1.55. The van der Waals surface area contributed by atoms with E-state index in [0.717, 1.165) is 5.39 Å². The second kappa shape index (κ2) is 11.6. The molecule has 37 heavy (non-hydrogen) atoms. The minimum absolute atomic E-state index is 0.113. The van der Waals surface area contributed by atoms with Crippen molar-refractivity contribution < 1.29 is 19.4 Å². The summed E-state index contributed by atoms with van der Waals surface area (Å²) in [4.78, 5) is 29.6. The zero-order valence-electron chi connectivity index (χ0n) is 20.3. The van der Waals surface area contributed by atoms with Gasteiger partial charge in [0.1, 0.15) is 29.8 Å². The van der Waals surface area contributed by atoms with Crippen LogP contribution in [-0.4, -0.2) is 53.9 Å². The second-order valence-electron chi connectivity index (χ2n) is 9.02. The van der Waals surface area contributed by atoms with E-state index in [-0.39, 0.29) is 24.5 Å². The molecule has 0 spiro atoms. The highest BCUT2D eigenvalue weighted by Gasteiger charge is 2.30. The number of nitriles is 2. The molecule has 1 aliphatic rings. The number of ether oxygens (including phenoxy) is 1. The largest absolute Gasteiger partial charge is 0.496 e. The molecule has 3 aromatic rings. The van der Waals surface area contributed by atoms with Gasteiger partial charge in [0.25, 0.3) is 5.91 Å². The molecule has 1 saturated heterocycles. The Bertz CT molecular complexity index is 1370. The van der Waals surface area contributed by atoms with Crippen molar-refractivity contribution in [1.82, 2.24) is 20.9 Å². The Hall–Kier alpha value is -4.38. The number of aliphatic hydroxyl groups excluding tert-OH is 1. The molecule has 4 rings (SSSR count). The lowest BCUT2D eigenvalue weighted by atomic mass is 9.97. The summed E-state index contributed by atoms with van der Waals surface area (Å²) in [6.45, 7) is 0.640. The number of nitrogens with one attached hydrogen (secondary N) is 4. The summed E-state index contributed by atoms with van der Waals surface area (Å²) >= 11 is 0. The maximum atomic E-state index is 13.3. The second-order valence-corrected chi connectivity index (χ2v) is 9.02. The van der Waals surface area contributed by atoms with Crippen LogP contribution in [0.1, 0.15) is 34.5 Å². The predicted molar refractivity (Wildman–Crippen MR) is 135 cm³/mol. The van der Waals surface area contributed by atoms with Gasteiger partial charge in [-0.15, -0.1) is 0 Å². The quantitative estimate of drug-likeness (QED) is 0.299. The van der Waals surface area contributed by atoms with E-state index >= 15 is 0 Å². The van der Waals surface area contributed by atoms with E-state index in [4.69, 9.17) is 4.74 Å². The van der Waals surface area contributed by atoms with Crippen LogP contribution in [0, 0.1) is 28.6 Å². The minimum Gasteiger partial charge on any atom is -0.496 e. The van der Waals surface area contributed by atoms with Crippen molar-refractivity contribution in [3.05, 3.63) is 65.4 Å². The van der Waals surface area contributed by atoms with E-state index in [1.807, 2.05) is 6.07 Å². The molecule has 2 heterocycles. The monoisotopic (exact) mass is 500 g/mol. The number of H-pyrrole nitrogens is 1. The summed E-state index contributed by atoms with van der Waals surface area (Å²) < 4.78 is 5.36. The molecule has 5 N–H and O–H groups in total. The van der Waals surface area contributed by atoms with Crippen LogP contribution in [0.2, 0.25) is 0 Å². The van der Waals surface area contributed by atoms with Gasteiger partial charge in [0.15, 0.2) is 0 Å². The van der Waals surface area contributed by atoms with E-state index < -0.39 is 30.1 Å². The third-order valence-electron chi connectivity index (χ3n) is 6.53. The lowest BCUT2D eigenvalue weighted by Crippen LogP contribution is -2.51. The van der Waals surface area contributed by atoms with E-state index in [1.165, 1.54) is 0 Å². The van der Waals surface area contributed by atoms with Crippen LogP contribution in [0.5, 0.6) is 5.75 Å². The summed E-state index contributed by atoms with van der Waals surface area (Å²) in [6.07, 6.45) is 0.363. The number of carbonyl (C=O) groups is 2. The van der Waals surface area contributed by atoms with Crippen molar-refractivity contribution in [3.63, 3.8) is 0 Å². The Morgan fingerprint density at radius 1 is 1.19 bits per heavy atom. The van der Waals surface area contributed by atoms with Gasteiger partial charge in [-0.3, -0.25) is 14.9 Å². The third kappa shape index (κ3) is 6.07. The van der Waals surface area contributed by atoms with Gasteiger partial charge in [0.05, 0.1) is 24.8 Å². The average molecular weight is 501 g/mol. The lowest BCUT2D eigenvalue weighted by molar-refractivity contribution is -0.123. The Labute approximate surface area is 214 Å². The molecule has 10 heteroatoms. The molecular weight excluding hydrogens is 472 g/mol. The van der Waals surface area contributed by atoms with Crippen LogP contribution < -0.4 is 20.7 Å². The molecular formula is C27H28N6O4. The van der Waals surface area contributed by atoms with Crippen molar-refractivity contribution in [2.75, 3.05) is 13.7 Å². The summed E-state index contributed by atoms with van der Waals surface area (Å²) in [5.74, 6) is -0.586. The number of methoxy groups -OCH3 is 1. The Morgan fingerprint density at radius 3 is 2.70 bits per heavy atom. The molecule has 10 nitrogen and oxygen atoms in total. The van der Waals surface area contributed by atoms with Crippen LogP contribution in [0.25, 0.3) is 10.9 Å². The molecule has 2 aromatic carbocycles. The smallest absolute Gasteiger partial charge is 0.268 e. The first-order chi connectivity index (χ1) is 17.9. The molecule has 0 aliphatic carbocycles. The third-order valence-corrected chi connectivity index (χ3v) is 6.53. The zero-order chi connectivity index (χ0) is 26.4. The molecule has 1 unspecified atom stereocenters. The molecule has 4 atom stereocenters. The number of hydrogen-bond acceptors (Lipinski definition) is 7. The number of fused-ring (bicyclic) bond motifs is 1. The van der Waals surface area contributed by atoms with Crippen LogP contribution in [0.3, 0.4) is 0 Å². The standard InChI is InChI=1S/C27H28N6O4/c1-37-24-7-3-6-21-20(24)13-23(32-21)27(36)33-22(11-16-4-2-5-17(10-16)14-28)26(35)31-19(15-29)12-18-8-9-30-25(18)34/h2-7,10,13,18-19,22,25,30,32,34H,8-9,11-12H2,1H3,(H,31,35)(H,33,36)/t18-,19-,22-,25?/m0/s1. The van der Waals surface area contributed by atoms with Gasteiger partial charge < -0.3 is 25.5 Å². The fourth-order valence-corrected chi connectivity index (χ4v) is 4.58. The minimum atomic E-state index is -1.02. The van der Waals surface area contributed by atoms with Gasteiger partial charge in [0.2, 0.25) is 5.91 Å². The van der Waals surface area contributed by atoms with Gasteiger partial charge in [-0.1, -0.05) is 18.2 Å². The molecule has 0 radical (unpaired) electrons.